The van der Waals surface area contributed by atoms with Crippen LogP contribution in [0.25, 0.3) is 22.9 Å². The topological polar surface area (TPSA) is 125 Å². The van der Waals surface area contributed by atoms with Gasteiger partial charge in [-0.3, -0.25) is 9.48 Å². The molecule has 0 radical (unpaired) electrons. The van der Waals surface area contributed by atoms with Gasteiger partial charge in [-0.1, -0.05) is 44.1 Å². The Kier molecular flexibility index (Phi) is 5.91. The lowest BCUT2D eigenvalue weighted by Crippen LogP contribution is -2.30. The third-order valence-electron chi connectivity index (χ3n) is 5.55. The van der Waals surface area contributed by atoms with Crippen molar-refractivity contribution < 1.29 is 13.7 Å². The van der Waals surface area contributed by atoms with E-state index >= 15 is 0 Å². The second kappa shape index (κ2) is 8.81. The molecule has 170 valence electrons. The maximum absolute atomic E-state index is 14.2. The highest BCUT2D eigenvalue weighted by Crippen LogP contribution is 2.28. The lowest BCUT2D eigenvalue weighted by atomic mass is 9.89. The van der Waals surface area contributed by atoms with Gasteiger partial charge in [-0.05, 0) is 18.6 Å². The molecule has 0 saturated carbocycles. The minimum Gasteiger partial charge on any atom is -0.382 e. The molecule has 4 rings (SSSR count). The predicted octanol–water partition coefficient (Wildman–Crippen LogP) is 4.14. The van der Waals surface area contributed by atoms with Crippen molar-refractivity contribution in [1.29, 1.82) is 0 Å². The normalized spacial score (nSPS) is 11.5. The van der Waals surface area contributed by atoms with Crippen molar-refractivity contribution in [3.05, 3.63) is 60.2 Å². The van der Waals surface area contributed by atoms with Gasteiger partial charge in [-0.25, -0.2) is 14.4 Å². The Balaban J connectivity index is 1.67. The summed E-state index contributed by atoms with van der Waals surface area (Å²) in [4.78, 5) is 21.1. The molecule has 3 heterocycles. The molecule has 3 aromatic heterocycles. The van der Waals surface area contributed by atoms with E-state index in [9.17, 15) is 9.18 Å². The molecule has 0 atom stereocenters. The highest BCUT2D eigenvalue weighted by atomic mass is 19.1. The van der Waals surface area contributed by atoms with Crippen LogP contribution < -0.4 is 11.1 Å². The van der Waals surface area contributed by atoms with Gasteiger partial charge in [0.2, 0.25) is 5.91 Å². The van der Waals surface area contributed by atoms with Gasteiger partial charge in [-0.15, -0.1) is 0 Å². The first-order chi connectivity index (χ1) is 15.8. The van der Waals surface area contributed by atoms with Gasteiger partial charge in [0.25, 0.3) is 0 Å². The zero-order valence-electron chi connectivity index (χ0n) is 18.5. The second-order valence-electron chi connectivity index (χ2n) is 8.23. The Morgan fingerprint density at radius 2 is 2.03 bits per heavy atom. The van der Waals surface area contributed by atoms with E-state index in [0.29, 0.717) is 34.8 Å². The zero-order chi connectivity index (χ0) is 23.6. The van der Waals surface area contributed by atoms with Crippen molar-refractivity contribution in [2.75, 3.05) is 11.1 Å². The first-order valence-corrected chi connectivity index (χ1v) is 10.4. The minimum atomic E-state index is -0.552. The summed E-state index contributed by atoms with van der Waals surface area (Å²) in [6, 6.07) is 9.88. The van der Waals surface area contributed by atoms with Crippen molar-refractivity contribution in [3.63, 3.8) is 0 Å². The Morgan fingerprint density at radius 1 is 1.24 bits per heavy atom. The van der Waals surface area contributed by atoms with Crippen molar-refractivity contribution >= 4 is 17.4 Å². The molecule has 0 aliphatic rings. The smallest absolute Gasteiger partial charge is 0.230 e. The molecule has 33 heavy (non-hydrogen) atoms. The highest BCUT2D eigenvalue weighted by Gasteiger charge is 2.26. The Morgan fingerprint density at radius 3 is 2.70 bits per heavy atom. The number of aromatic nitrogens is 5. The molecular formula is C23H24FN7O2. The second-order valence-corrected chi connectivity index (χ2v) is 8.23. The number of anilines is 2. The van der Waals surface area contributed by atoms with Gasteiger partial charge in [0, 0.05) is 17.0 Å². The number of rotatable bonds is 7. The maximum Gasteiger partial charge on any atom is 0.230 e. The van der Waals surface area contributed by atoms with Gasteiger partial charge in [0.15, 0.2) is 11.6 Å². The lowest BCUT2D eigenvalue weighted by molar-refractivity contribution is -0.124. The van der Waals surface area contributed by atoms with Gasteiger partial charge >= 0.3 is 0 Å². The number of hydrogen-bond acceptors (Lipinski definition) is 7. The summed E-state index contributed by atoms with van der Waals surface area (Å²) in [5, 5.41) is 11.3. The molecular weight excluding hydrogens is 425 g/mol. The lowest BCUT2D eigenvalue weighted by Gasteiger charge is -2.21. The van der Waals surface area contributed by atoms with E-state index < -0.39 is 5.41 Å². The Hall–Kier alpha value is -4.08. The van der Waals surface area contributed by atoms with Crippen molar-refractivity contribution in [2.45, 2.75) is 33.7 Å². The van der Waals surface area contributed by atoms with Crippen LogP contribution in [0.4, 0.5) is 15.9 Å². The summed E-state index contributed by atoms with van der Waals surface area (Å²) in [6.45, 7) is 5.81. The largest absolute Gasteiger partial charge is 0.382 e. The molecule has 0 spiro atoms. The van der Waals surface area contributed by atoms with Crippen LogP contribution in [-0.2, 0) is 11.3 Å². The van der Waals surface area contributed by atoms with Crippen LogP contribution in [0, 0.1) is 11.2 Å². The monoisotopic (exact) mass is 449 g/mol. The number of nitrogens with zero attached hydrogens (tertiary/aromatic N) is 5. The van der Waals surface area contributed by atoms with E-state index in [4.69, 9.17) is 10.3 Å². The van der Waals surface area contributed by atoms with E-state index in [2.05, 4.69) is 25.5 Å². The van der Waals surface area contributed by atoms with Crippen molar-refractivity contribution in [3.8, 4) is 22.9 Å². The maximum atomic E-state index is 14.2. The zero-order valence-corrected chi connectivity index (χ0v) is 18.5. The van der Waals surface area contributed by atoms with Crippen LogP contribution in [0.2, 0.25) is 0 Å². The number of benzene rings is 1. The molecule has 3 N–H and O–H groups in total. The van der Waals surface area contributed by atoms with Crippen molar-refractivity contribution in [2.24, 2.45) is 5.41 Å². The fourth-order valence-electron chi connectivity index (χ4n) is 3.05. The number of hydrogen-bond donors (Lipinski definition) is 2. The van der Waals surface area contributed by atoms with Crippen molar-refractivity contribution in [1.82, 2.24) is 24.9 Å². The van der Waals surface area contributed by atoms with E-state index in [0.717, 1.165) is 0 Å². The third kappa shape index (κ3) is 4.59. The fourth-order valence-corrected chi connectivity index (χ4v) is 3.05. The fraction of sp³-hybridized carbons (Fsp3) is 0.261. The number of carbonyl (C=O) groups is 1. The number of carbonyl (C=O) groups excluding carboxylic acids is 1. The quantitative estimate of drug-likeness (QED) is 0.434. The number of nitrogens with one attached hydrogen (secondary N) is 1. The molecule has 0 aliphatic heterocycles. The van der Waals surface area contributed by atoms with Gasteiger partial charge < -0.3 is 15.6 Å². The molecule has 10 heteroatoms. The van der Waals surface area contributed by atoms with Gasteiger partial charge in [-0.2, -0.15) is 5.10 Å². The summed E-state index contributed by atoms with van der Waals surface area (Å²) < 4.78 is 20.8. The van der Waals surface area contributed by atoms with Crippen LogP contribution in [0.3, 0.4) is 0 Å². The number of halogens is 1. The third-order valence-corrected chi connectivity index (χ3v) is 5.55. The van der Waals surface area contributed by atoms with E-state index in [1.807, 2.05) is 20.8 Å². The van der Waals surface area contributed by atoms with Gasteiger partial charge in [0.05, 0.1) is 18.4 Å². The summed E-state index contributed by atoms with van der Waals surface area (Å²) in [5.74, 6) is -0.129. The molecule has 1 amide bonds. The molecule has 0 fully saturated rings. The van der Waals surface area contributed by atoms with Crippen LogP contribution in [-0.4, -0.2) is 30.8 Å². The number of nitrogen functional groups attached to an aromatic ring is 1. The Bertz CT molecular complexity index is 1280. The average Bonchev–Trinajstić information content (AvgIpc) is 3.46. The SMILES string of the molecule is CCC(C)(C)C(=O)Nc1cnc(-c2cc(-c3ccon3)n(Cc3ccccc3F)n2)nc1N. The molecule has 0 unspecified atom stereocenters. The van der Waals surface area contributed by atoms with E-state index in [-0.39, 0.29) is 29.9 Å². The van der Waals surface area contributed by atoms with Crippen LogP contribution in [0.5, 0.6) is 0 Å². The number of amides is 1. The molecule has 0 bridgehead atoms. The predicted molar refractivity (Wildman–Crippen MR) is 121 cm³/mol. The molecule has 4 aromatic rings. The summed E-state index contributed by atoms with van der Waals surface area (Å²) in [5.41, 5.74) is 7.89. The minimum absolute atomic E-state index is 0.117. The summed E-state index contributed by atoms with van der Waals surface area (Å²) in [6.07, 6.45) is 3.56. The average molecular weight is 449 g/mol. The van der Waals surface area contributed by atoms with Gasteiger partial charge in [0.1, 0.15) is 29.2 Å². The summed E-state index contributed by atoms with van der Waals surface area (Å²) >= 11 is 0. The first kappa shape index (κ1) is 22.1. The molecule has 9 nitrogen and oxygen atoms in total. The van der Waals surface area contributed by atoms with E-state index in [1.54, 1.807) is 35.0 Å². The molecule has 1 aromatic carbocycles. The first-order valence-electron chi connectivity index (χ1n) is 10.4. The highest BCUT2D eigenvalue weighted by molar-refractivity contribution is 5.96. The van der Waals surface area contributed by atoms with Crippen LogP contribution in [0.15, 0.2) is 53.4 Å². The van der Waals surface area contributed by atoms with Crippen LogP contribution >= 0.6 is 0 Å². The standard InChI is InChI=1S/C23H24FN7O2/c1-4-23(2,3)22(32)27-18-12-26-21(28-20(18)25)17-11-19(16-9-10-33-30-16)31(29-17)13-14-7-5-6-8-15(14)24/h5-12H,4,13H2,1-3H3,(H,27,32)(H2,25,26,28). The van der Waals surface area contributed by atoms with Crippen LogP contribution in [0.1, 0.15) is 32.8 Å². The molecule has 0 aliphatic carbocycles. The Labute approximate surface area is 189 Å². The summed E-state index contributed by atoms with van der Waals surface area (Å²) in [7, 11) is 0. The number of nitrogens with two attached hydrogens (primary N) is 1. The molecule has 0 saturated heterocycles. The van der Waals surface area contributed by atoms with E-state index in [1.165, 1.54) is 18.5 Å².